The molecule has 2 N–H and O–H groups in total. The number of carbonyl (C=O) groups is 3. The topological polar surface area (TPSA) is 143 Å². The molecule has 0 unspecified atom stereocenters. The van der Waals surface area contributed by atoms with Gasteiger partial charge in [0.25, 0.3) is 5.91 Å². The number of carbonyl (C=O) groups excluding carboxylic acids is 3. The highest BCUT2D eigenvalue weighted by Crippen LogP contribution is 2.44. The van der Waals surface area contributed by atoms with Gasteiger partial charge in [-0.05, 0) is 74.4 Å². The maximum atomic E-state index is 15.0. The summed E-state index contributed by atoms with van der Waals surface area (Å²) in [6.07, 6.45) is -1.00. The highest BCUT2D eigenvalue weighted by atomic mass is 19.4. The van der Waals surface area contributed by atoms with Crippen LogP contribution in [0, 0.1) is 5.41 Å². The van der Waals surface area contributed by atoms with Crippen molar-refractivity contribution in [1.29, 1.82) is 0 Å². The number of morpholine rings is 1. The van der Waals surface area contributed by atoms with Crippen molar-refractivity contribution in [3.8, 4) is 11.3 Å². The van der Waals surface area contributed by atoms with Gasteiger partial charge in [0.1, 0.15) is 25.2 Å². The zero-order valence-electron chi connectivity index (χ0n) is 39.4. The number of benzene rings is 2. The Kier molecular flexibility index (Phi) is 13.9. The molecule has 18 heteroatoms. The number of hydrazine groups is 1. The fourth-order valence-corrected chi connectivity index (χ4v) is 10.2. The lowest BCUT2D eigenvalue weighted by molar-refractivity contribution is -0.155. The van der Waals surface area contributed by atoms with Crippen LogP contribution in [-0.4, -0.2) is 134 Å². The molecule has 6 heterocycles. The summed E-state index contributed by atoms with van der Waals surface area (Å²) in [6, 6.07) is 15.4. The van der Waals surface area contributed by atoms with Crippen LogP contribution < -0.4 is 20.5 Å². The first-order chi connectivity index (χ1) is 32.6. The average molecular weight is 945 g/mol. The second kappa shape index (κ2) is 19.9. The molecular formula is C50H63F3N8O7. The van der Waals surface area contributed by atoms with Crippen LogP contribution >= 0.6 is 0 Å². The Morgan fingerprint density at radius 1 is 0.985 bits per heavy atom. The van der Waals surface area contributed by atoms with Gasteiger partial charge < -0.3 is 38.6 Å². The predicted octanol–water partition coefficient (Wildman–Crippen LogP) is 6.77. The molecule has 4 fully saturated rings. The van der Waals surface area contributed by atoms with Gasteiger partial charge in [0.15, 0.2) is 0 Å². The van der Waals surface area contributed by atoms with E-state index in [9.17, 15) is 14.4 Å². The Balaban J connectivity index is 1.13. The van der Waals surface area contributed by atoms with E-state index < -0.39 is 60.4 Å². The number of pyridine rings is 1. The third kappa shape index (κ3) is 10.9. The number of alkyl carbamates (subject to hydrolysis) is 1. The van der Waals surface area contributed by atoms with Crippen molar-refractivity contribution in [2.75, 3.05) is 75.9 Å². The molecule has 9 rings (SSSR count). The zero-order chi connectivity index (χ0) is 47.7. The first-order valence-electron chi connectivity index (χ1n) is 23.9. The van der Waals surface area contributed by atoms with E-state index in [0.29, 0.717) is 78.5 Å². The van der Waals surface area contributed by atoms with E-state index in [0.717, 1.165) is 43.1 Å². The number of piperazine rings is 1. The summed E-state index contributed by atoms with van der Waals surface area (Å²) in [7, 11) is 1.57. The van der Waals surface area contributed by atoms with Crippen molar-refractivity contribution in [3.63, 3.8) is 0 Å². The Bertz CT molecular complexity index is 2460. The number of amides is 2. The van der Waals surface area contributed by atoms with Crippen molar-refractivity contribution < 1.29 is 46.5 Å². The molecule has 3 saturated heterocycles. The van der Waals surface area contributed by atoms with Crippen LogP contribution in [0.3, 0.4) is 0 Å². The second-order valence-corrected chi connectivity index (χ2v) is 19.7. The molecule has 5 aliphatic rings. The molecule has 0 radical (unpaired) electrons. The minimum Gasteiger partial charge on any atom is -0.464 e. The number of methoxy groups -OCH3 is 1. The number of esters is 1. The second-order valence-electron chi connectivity index (χ2n) is 19.7. The molecule has 2 aromatic heterocycles. The normalized spacial score (nSPS) is 23.5. The summed E-state index contributed by atoms with van der Waals surface area (Å²) < 4.78 is 70.2. The number of ether oxygens (including phenoxy) is 4. The maximum absolute atomic E-state index is 15.0. The van der Waals surface area contributed by atoms with Crippen LogP contribution in [-0.2, 0) is 48.1 Å². The molecule has 68 heavy (non-hydrogen) atoms. The fourth-order valence-electron chi connectivity index (χ4n) is 10.2. The average Bonchev–Trinajstić information content (AvgIpc) is 4.16. The van der Waals surface area contributed by atoms with Crippen LogP contribution in [0.15, 0.2) is 60.8 Å². The first kappa shape index (κ1) is 47.6. The van der Waals surface area contributed by atoms with Crippen LogP contribution in [0.2, 0.25) is 0 Å². The molecule has 4 atom stereocenters. The summed E-state index contributed by atoms with van der Waals surface area (Å²) in [4.78, 5) is 53.4. The summed E-state index contributed by atoms with van der Waals surface area (Å²) >= 11 is 0. The smallest absolute Gasteiger partial charge is 0.408 e. The van der Waals surface area contributed by atoms with E-state index in [-0.39, 0.29) is 26.1 Å². The van der Waals surface area contributed by atoms with E-state index in [1.807, 2.05) is 75.5 Å². The lowest BCUT2D eigenvalue weighted by Crippen LogP contribution is -2.61. The molecule has 4 aliphatic heterocycles. The quantitative estimate of drug-likeness (QED) is 0.171. The van der Waals surface area contributed by atoms with Gasteiger partial charge in [0, 0.05) is 93.0 Å². The predicted molar refractivity (Wildman–Crippen MR) is 250 cm³/mol. The number of hydrogen-bond donors (Lipinski definition) is 2. The molecule has 6 bridgehead atoms. The van der Waals surface area contributed by atoms with E-state index in [1.54, 1.807) is 13.2 Å². The number of rotatable bonds is 9. The largest absolute Gasteiger partial charge is 0.464 e. The van der Waals surface area contributed by atoms with E-state index in [4.69, 9.17) is 23.9 Å². The van der Waals surface area contributed by atoms with E-state index in [2.05, 4.69) is 25.4 Å². The Morgan fingerprint density at radius 3 is 2.50 bits per heavy atom. The fraction of sp³-hybridized carbons (Fsp3) is 0.560. The highest BCUT2D eigenvalue weighted by molar-refractivity contribution is 5.95. The Hall–Kier alpha value is -5.43. The molecule has 4 aromatic rings. The van der Waals surface area contributed by atoms with Crippen molar-refractivity contribution in [2.45, 2.75) is 109 Å². The monoisotopic (exact) mass is 944 g/mol. The van der Waals surface area contributed by atoms with Gasteiger partial charge >= 0.3 is 18.2 Å². The van der Waals surface area contributed by atoms with Crippen LogP contribution in [0.25, 0.3) is 22.2 Å². The number of cyclic esters (lactones) is 1. The highest BCUT2D eigenvalue weighted by Gasteiger charge is 2.39. The molecule has 2 aromatic carbocycles. The zero-order valence-corrected chi connectivity index (χ0v) is 39.4. The van der Waals surface area contributed by atoms with E-state index >= 15 is 13.2 Å². The molecule has 0 spiro atoms. The number of alkyl halides is 3. The van der Waals surface area contributed by atoms with Crippen LogP contribution in [0.1, 0.15) is 75.8 Å². The molecular weight excluding hydrogens is 882 g/mol. The molecule has 15 nitrogen and oxygen atoms in total. The van der Waals surface area contributed by atoms with Crippen LogP contribution in [0.5, 0.6) is 0 Å². The van der Waals surface area contributed by atoms with Crippen molar-refractivity contribution >= 4 is 40.2 Å². The SMILES string of the molecule is CO[C@@H](C)c1ncc(N2CCN(C3CC3)CC2)cc1-c1c2c3cc(ccc3n1CC(F)(F)F)N1CCO[C@@H](C[C@H](NC(=O)OCc3ccccc3)C(=O)N3CCC[C@H](N3)C(=O)OCC(C)(C)C2)C1. The minimum absolute atomic E-state index is 0.00326. The lowest BCUT2D eigenvalue weighted by atomic mass is 9.84. The van der Waals surface area contributed by atoms with Gasteiger partial charge in [-0.3, -0.25) is 24.5 Å². The number of hydrogen-bond acceptors (Lipinski definition) is 12. The summed E-state index contributed by atoms with van der Waals surface area (Å²) in [5, 5.41) is 4.78. The molecule has 1 aliphatic carbocycles. The van der Waals surface area contributed by atoms with Gasteiger partial charge in [-0.25, -0.2) is 10.2 Å². The van der Waals surface area contributed by atoms with Crippen LogP contribution in [0.4, 0.5) is 29.3 Å². The molecule has 1 saturated carbocycles. The summed E-state index contributed by atoms with van der Waals surface area (Å²) in [5.41, 5.74) is 7.19. The third-order valence-corrected chi connectivity index (χ3v) is 13.9. The number of nitrogens with one attached hydrogen (secondary N) is 2. The summed E-state index contributed by atoms with van der Waals surface area (Å²) in [5.74, 6) is -1.02. The van der Waals surface area contributed by atoms with Gasteiger partial charge in [-0.1, -0.05) is 44.2 Å². The van der Waals surface area contributed by atoms with Gasteiger partial charge in [0.2, 0.25) is 0 Å². The van der Waals surface area contributed by atoms with Crippen molar-refractivity contribution in [1.82, 2.24) is 30.2 Å². The minimum atomic E-state index is -4.58. The molecule has 366 valence electrons. The Labute approximate surface area is 395 Å². The van der Waals surface area contributed by atoms with Gasteiger partial charge in [0.05, 0.1) is 48.7 Å². The Morgan fingerprint density at radius 2 is 1.76 bits per heavy atom. The standard InChI is InChI=1S/C50H63F3N8O7/c1-32(65-4)44-39(24-36(27-54-44)58-19-17-57(18-20-58)34-12-13-34)45-40-26-49(2,3)31-68-47(63)41-11-8-16-61(56-41)46(62)42(55-48(64)67-29-33-9-6-5-7-10-33)25-37-28-59(21-22-66-37)35-14-15-43(38(40)23-35)60(45)30-50(51,52)53/h5-7,9-10,14-15,23-24,27,32,34,37,41-42,56H,8,11-13,16-22,25-26,28-31H2,1-4H3,(H,55,64)/t32-,37-,41-,42-/m0/s1. The first-order valence-corrected chi connectivity index (χ1v) is 23.9. The third-order valence-electron chi connectivity index (χ3n) is 13.9. The van der Waals surface area contributed by atoms with Crippen molar-refractivity contribution in [2.24, 2.45) is 5.41 Å². The molecule has 2 amide bonds. The number of fused-ring (bicyclic) bond motifs is 6. The van der Waals surface area contributed by atoms with Gasteiger partial charge in [-0.2, -0.15) is 13.2 Å². The summed E-state index contributed by atoms with van der Waals surface area (Å²) in [6.45, 7) is 9.15. The number of halogens is 3. The number of anilines is 2. The number of nitrogens with zero attached hydrogens (tertiary/aromatic N) is 6. The van der Waals surface area contributed by atoms with E-state index in [1.165, 1.54) is 22.4 Å². The van der Waals surface area contributed by atoms with Crippen molar-refractivity contribution in [3.05, 3.63) is 77.6 Å². The maximum Gasteiger partial charge on any atom is 0.408 e. The van der Waals surface area contributed by atoms with Gasteiger partial charge in [-0.15, -0.1) is 0 Å². The lowest BCUT2D eigenvalue weighted by Gasteiger charge is -2.38. The number of aromatic nitrogens is 2.